The van der Waals surface area contributed by atoms with E-state index in [9.17, 15) is 27.2 Å². The minimum atomic E-state index is -4.66. The molecule has 1 fully saturated rings. The van der Waals surface area contributed by atoms with E-state index in [2.05, 4.69) is 11.6 Å². The van der Waals surface area contributed by atoms with Gasteiger partial charge in [-0.25, -0.2) is 9.18 Å². The number of alkyl halides is 3. The van der Waals surface area contributed by atoms with Crippen molar-refractivity contribution in [2.24, 2.45) is 0 Å². The van der Waals surface area contributed by atoms with E-state index < -0.39 is 40.2 Å². The van der Waals surface area contributed by atoms with Crippen LogP contribution in [0.1, 0.15) is 19.4 Å². The molecular weight excluding hydrogens is 548 g/mol. The first-order valence-electron chi connectivity index (χ1n) is 12.8. The molecule has 0 spiro atoms. The summed E-state index contributed by atoms with van der Waals surface area (Å²) >= 11 is 0. The smallest absolute Gasteiger partial charge is 0.379 e. The van der Waals surface area contributed by atoms with E-state index in [0.29, 0.717) is 21.1 Å². The Morgan fingerprint density at radius 1 is 1.12 bits per heavy atom. The quantitative estimate of drug-likeness (QED) is 0.278. The molecule has 0 saturated carbocycles. The molecular formula is C28H30F4N4O3S. The lowest BCUT2D eigenvalue weighted by atomic mass is 10.1. The molecule has 5 rings (SSSR count). The molecule has 3 aromatic rings. The molecule has 0 bridgehead atoms. The topological polar surface area (TPSA) is 67.7 Å². The molecule has 0 radical (unpaired) electrons. The number of methoxy groups -OCH3 is 1. The van der Waals surface area contributed by atoms with E-state index in [4.69, 9.17) is 4.74 Å². The van der Waals surface area contributed by atoms with Crippen LogP contribution in [0, 0.1) is 5.82 Å². The van der Waals surface area contributed by atoms with E-state index >= 15 is 0 Å². The fraction of sp³-hybridized carbons (Fsp3) is 0.393. The number of amides is 1. The summed E-state index contributed by atoms with van der Waals surface area (Å²) < 4.78 is 63.8. The highest BCUT2D eigenvalue weighted by atomic mass is 32.2. The number of aromatic nitrogens is 2. The molecule has 7 nitrogen and oxygen atoms in total. The number of anilines is 1. The van der Waals surface area contributed by atoms with E-state index in [1.165, 1.54) is 29.9 Å². The van der Waals surface area contributed by atoms with Gasteiger partial charge < -0.3 is 14.5 Å². The number of carbonyl (C=O) groups excluding carboxylic acids is 1. The Bertz CT molecular complexity index is 1530. The molecule has 1 aromatic heterocycles. The summed E-state index contributed by atoms with van der Waals surface area (Å²) in [7, 11) is 0.0357. The highest BCUT2D eigenvalue weighted by Crippen LogP contribution is 2.52. The van der Waals surface area contributed by atoms with Gasteiger partial charge in [0.2, 0.25) is 5.91 Å². The van der Waals surface area contributed by atoms with E-state index in [1.54, 1.807) is 21.9 Å². The Labute approximate surface area is 231 Å². The minimum absolute atomic E-state index is 0.116. The van der Waals surface area contributed by atoms with Gasteiger partial charge in [-0.15, -0.1) is 0 Å². The van der Waals surface area contributed by atoms with Crippen LogP contribution in [0.25, 0.3) is 10.9 Å². The van der Waals surface area contributed by atoms with Crippen LogP contribution in [0.2, 0.25) is 0 Å². The largest absolute Gasteiger partial charge is 0.416 e. The molecule has 1 amide bonds. The summed E-state index contributed by atoms with van der Waals surface area (Å²) in [5.74, 6) is -0.194. The van der Waals surface area contributed by atoms with Gasteiger partial charge in [-0.05, 0) is 61.2 Å². The first-order chi connectivity index (χ1) is 18.9. The van der Waals surface area contributed by atoms with E-state index in [1.807, 2.05) is 13.8 Å². The second-order valence-electron chi connectivity index (χ2n) is 10.2. The standard InChI is InChI=1S/C28H30F4N4O3S/c1-5-24(37)34-12-17(3)35(13-16(34)2)26-22-10-18(28(30,31)32)11-23-25(22)36(27(38)33-26)14-20(39-4)15-40(23)21-8-6-19(29)7-9-21/h5-11,16-17,20,40H,1,12-15H2,2-4H3/t16-,17+,20+/m1/s1. The van der Waals surface area contributed by atoms with Gasteiger partial charge in [0.1, 0.15) is 11.6 Å². The molecule has 4 atom stereocenters. The monoisotopic (exact) mass is 578 g/mol. The average molecular weight is 579 g/mol. The van der Waals surface area contributed by atoms with Gasteiger partial charge in [-0.3, -0.25) is 9.36 Å². The normalized spacial score (nSPS) is 24.2. The number of halogens is 4. The maximum absolute atomic E-state index is 14.3. The van der Waals surface area contributed by atoms with E-state index in [0.717, 1.165) is 12.1 Å². The Morgan fingerprint density at radius 2 is 1.82 bits per heavy atom. The minimum Gasteiger partial charge on any atom is -0.379 e. The highest BCUT2D eigenvalue weighted by Gasteiger charge is 2.38. The van der Waals surface area contributed by atoms with Crippen LogP contribution < -0.4 is 10.6 Å². The molecule has 2 aliphatic rings. The molecule has 1 unspecified atom stereocenters. The number of piperazine rings is 1. The highest BCUT2D eigenvalue weighted by molar-refractivity contribution is 8.17. The molecule has 1 saturated heterocycles. The Hall–Kier alpha value is -3.38. The number of rotatable bonds is 4. The van der Waals surface area contributed by atoms with Gasteiger partial charge >= 0.3 is 11.9 Å². The van der Waals surface area contributed by atoms with Crippen molar-refractivity contribution < 1.29 is 27.1 Å². The second kappa shape index (κ2) is 10.5. The molecule has 214 valence electrons. The van der Waals surface area contributed by atoms with Crippen LogP contribution in [-0.4, -0.2) is 64.5 Å². The van der Waals surface area contributed by atoms with Crippen LogP contribution in [0.4, 0.5) is 23.4 Å². The number of thiol groups is 1. The summed E-state index contributed by atoms with van der Waals surface area (Å²) in [5.41, 5.74) is -1.07. The van der Waals surface area contributed by atoms with Crippen LogP contribution >= 0.6 is 10.9 Å². The summed E-state index contributed by atoms with van der Waals surface area (Å²) in [6.07, 6.45) is -3.90. The van der Waals surface area contributed by atoms with Crippen molar-refractivity contribution in [3.8, 4) is 0 Å². The number of hydrogen-bond donors (Lipinski definition) is 1. The molecule has 40 heavy (non-hydrogen) atoms. The van der Waals surface area contributed by atoms with E-state index in [-0.39, 0.29) is 48.8 Å². The number of hydrogen-bond acceptors (Lipinski definition) is 5. The summed E-state index contributed by atoms with van der Waals surface area (Å²) in [5, 5.41) is 0.207. The van der Waals surface area contributed by atoms with Crippen LogP contribution in [0.5, 0.6) is 0 Å². The third kappa shape index (κ3) is 4.98. The predicted molar refractivity (Wildman–Crippen MR) is 147 cm³/mol. The van der Waals surface area contributed by atoms with Crippen molar-refractivity contribution >= 4 is 33.5 Å². The summed E-state index contributed by atoms with van der Waals surface area (Å²) in [6, 6.07) is 7.27. The van der Waals surface area contributed by atoms with Crippen molar-refractivity contribution in [3.05, 3.63) is 70.9 Å². The first-order valence-corrected chi connectivity index (χ1v) is 14.4. The van der Waals surface area contributed by atoms with Crippen LogP contribution in [0.3, 0.4) is 0 Å². The third-order valence-corrected chi connectivity index (χ3v) is 10.2. The van der Waals surface area contributed by atoms with Crippen molar-refractivity contribution in [2.45, 2.75) is 54.5 Å². The number of benzene rings is 2. The maximum Gasteiger partial charge on any atom is 0.416 e. The Morgan fingerprint density at radius 3 is 2.45 bits per heavy atom. The lowest BCUT2D eigenvalue weighted by Gasteiger charge is -2.44. The van der Waals surface area contributed by atoms with Gasteiger partial charge in [0.05, 0.1) is 23.7 Å². The summed E-state index contributed by atoms with van der Waals surface area (Å²) in [6.45, 7) is 7.91. The molecule has 12 heteroatoms. The van der Waals surface area contributed by atoms with Crippen molar-refractivity contribution in [1.82, 2.24) is 14.5 Å². The van der Waals surface area contributed by atoms with Gasteiger partial charge in [-0.1, -0.05) is 6.58 Å². The first kappa shape index (κ1) is 28.2. The molecule has 2 aliphatic heterocycles. The van der Waals surface area contributed by atoms with Crippen LogP contribution in [0.15, 0.2) is 63.6 Å². The zero-order valence-electron chi connectivity index (χ0n) is 22.3. The zero-order valence-corrected chi connectivity index (χ0v) is 23.2. The van der Waals surface area contributed by atoms with Crippen molar-refractivity contribution in [2.75, 3.05) is 30.9 Å². The van der Waals surface area contributed by atoms with Crippen molar-refractivity contribution in [3.63, 3.8) is 0 Å². The second-order valence-corrected chi connectivity index (χ2v) is 12.4. The van der Waals surface area contributed by atoms with Crippen LogP contribution in [-0.2, 0) is 22.3 Å². The fourth-order valence-corrected chi connectivity index (χ4v) is 8.22. The maximum atomic E-state index is 14.3. The fourth-order valence-electron chi connectivity index (χ4n) is 5.56. The third-order valence-electron chi connectivity index (χ3n) is 7.61. The number of nitrogens with zero attached hydrogens (tertiary/aromatic N) is 4. The SMILES string of the molecule is C=CC(=O)N1C[C@H](C)N(c2nc(=O)n3c4c(cc(C(F)(F)F)cc24)[SH](c2ccc(F)cc2)C[C@@H](OC)C3)C[C@H]1C. The Kier molecular flexibility index (Phi) is 7.43. The van der Waals surface area contributed by atoms with Crippen molar-refractivity contribution in [1.29, 1.82) is 0 Å². The Balaban J connectivity index is 1.78. The summed E-state index contributed by atoms with van der Waals surface area (Å²) in [4.78, 5) is 34.7. The lowest BCUT2D eigenvalue weighted by Crippen LogP contribution is -2.58. The molecule has 0 aliphatic carbocycles. The van der Waals surface area contributed by atoms with Gasteiger partial charge in [0, 0.05) is 48.3 Å². The molecule has 3 heterocycles. The number of ether oxygens (including phenoxy) is 1. The zero-order chi connectivity index (χ0) is 28.9. The van der Waals surface area contributed by atoms with Gasteiger partial charge in [0.25, 0.3) is 0 Å². The number of carbonyl (C=O) groups is 1. The average Bonchev–Trinajstić information content (AvgIpc) is 3.09. The molecule has 0 N–H and O–H groups in total. The molecule has 2 aromatic carbocycles. The van der Waals surface area contributed by atoms with Gasteiger partial charge in [-0.2, -0.15) is 29.1 Å². The predicted octanol–water partition coefficient (Wildman–Crippen LogP) is 4.61. The lowest BCUT2D eigenvalue weighted by molar-refractivity contribution is -0.137. The van der Waals surface area contributed by atoms with Gasteiger partial charge in [0.15, 0.2) is 0 Å².